The summed E-state index contributed by atoms with van der Waals surface area (Å²) in [4.78, 5) is 38.0. The van der Waals surface area contributed by atoms with Crippen LogP contribution in [0.25, 0.3) is 16.9 Å². The number of ether oxygens (including phenoxy) is 5. The minimum Gasteiger partial charge on any atom is -0.476 e. The Morgan fingerprint density at radius 2 is 1.62 bits per heavy atom. The average molecular weight is 507 g/mol. The molecule has 12 heteroatoms. The van der Waals surface area contributed by atoms with Crippen molar-refractivity contribution in [2.45, 2.75) is 0 Å². The molecule has 0 spiro atoms. The fourth-order valence-electron chi connectivity index (χ4n) is 4.07. The second-order valence-electron chi connectivity index (χ2n) is 7.93. The van der Waals surface area contributed by atoms with Gasteiger partial charge in [-0.15, -0.1) is 0 Å². The summed E-state index contributed by atoms with van der Waals surface area (Å²) >= 11 is 0. The van der Waals surface area contributed by atoms with Crippen LogP contribution in [0.2, 0.25) is 0 Å². The van der Waals surface area contributed by atoms with Crippen LogP contribution in [-0.4, -0.2) is 67.1 Å². The minimum absolute atomic E-state index is 0.00233. The Kier molecular flexibility index (Phi) is 6.24. The third-order valence-corrected chi connectivity index (χ3v) is 5.84. The van der Waals surface area contributed by atoms with Crippen LogP contribution < -0.4 is 14.4 Å². The smallest absolute Gasteiger partial charge is 0.356 e. The Morgan fingerprint density at radius 1 is 0.919 bits per heavy atom. The van der Waals surface area contributed by atoms with E-state index in [1.54, 1.807) is 42.5 Å². The fourth-order valence-corrected chi connectivity index (χ4v) is 4.07. The molecule has 2 aromatic carbocycles. The van der Waals surface area contributed by atoms with Crippen molar-refractivity contribution in [3.8, 4) is 28.4 Å². The highest BCUT2D eigenvalue weighted by molar-refractivity contribution is 6.03. The van der Waals surface area contributed by atoms with Crippen molar-refractivity contribution in [1.82, 2.24) is 9.78 Å². The maximum atomic E-state index is 12.5. The number of carbonyl (C=O) groups is 3. The Balaban J connectivity index is 1.54. The van der Waals surface area contributed by atoms with E-state index in [1.165, 1.54) is 29.9 Å². The van der Waals surface area contributed by atoms with Crippen LogP contribution in [0.15, 0.2) is 59.8 Å². The number of esters is 2. The molecule has 0 saturated carbocycles. The van der Waals surface area contributed by atoms with E-state index >= 15 is 0 Å². The monoisotopic (exact) mass is 507 g/mol. The standard InChI is InChI=1S/C25H21N3O9/c1-33-24(31)17-11-35-12-27(22(17)25(32)34-2)15-4-6-16(7-5-15)28-19(10-18(26-28)23(29)30)14-3-8-20-21(9-14)37-13-36-20/h3-10H,11-13H2,1-2H3,(H,29,30). The Morgan fingerprint density at radius 3 is 2.32 bits per heavy atom. The number of hydrogen-bond donors (Lipinski definition) is 1. The highest BCUT2D eigenvalue weighted by Gasteiger charge is 2.32. The molecule has 0 radical (unpaired) electrons. The summed E-state index contributed by atoms with van der Waals surface area (Å²) < 4.78 is 27.5. The molecule has 2 aliphatic heterocycles. The molecule has 0 bridgehead atoms. The van der Waals surface area contributed by atoms with Gasteiger partial charge in [0.25, 0.3) is 0 Å². The lowest BCUT2D eigenvalue weighted by Gasteiger charge is -2.31. The SMILES string of the molecule is COC(=O)C1=C(C(=O)OC)N(c2ccc(-n3nc(C(=O)O)cc3-c3ccc4c(c3)OCO4)cc2)COC1. The number of benzene rings is 2. The average Bonchev–Trinajstić information content (AvgIpc) is 3.59. The van der Waals surface area contributed by atoms with Crippen LogP contribution in [0.3, 0.4) is 0 Å². The zero-order chi connectivity index (χ0) is 26.1. The van der Waals surface area contributed by atoms with Crippen molar-refractivity contribution in [3.63, 3.8) is 0 Å². The van der Waals surface area contributed by atoms with Crippen molar-refractivity contribution < 1.29 is 43.2 Å². The van der Waals surface area contributed by atoms with E-state index in [1.807, 2.05) is 0 Å². The van der Waals surface area contributed by atoms with Gasteiger partial charge in [-0.25, -0.2) is 19.1 Å². The lowest BCUT2D eigenvalue weighted by atomic mass is 10.1. The number of anilines is 1. The molecule has 1 N–H and O–H groups in total. The number of rotatable bonds is 6. The summed E-state index contributed by atoms with van der Waals surface area (Å²) in [6.45, 7) is 0.00723. The van der Waals surface area contributed by atoms with Gasteiger partial charge >= 0.3 is 17.9 Å². The van der Waals surface area contributed by atoms with E-state index in [2.05, 4.69) is 5.10 Å². The number of aromatic carboxylic acids is 1. The van der Waals surface area contributed by atoms with Crippen molar-refractivity contribution in [1.29, 1.82) is 0 Å². The third-order valence-electron chi connectivity index (χ3n) is 5.84. The molecular weight excluding hydrogens is 486 g/mol. The number of carbonyl (C=O) groups excluding carboxylic acids is 2. The highest BCUT2D eigenvalue weighted by Crippen LogP contribution is 2.37. The third kappa shape index (κ3) is 4.34. The first kappa shape index (κ1) is 23.9. The molecule has 0 unspecified atom stereocenters. The molecule has 5 rings (SSSR count). The van der Waals surface area contributed by atoms with Crippen molar-refractivity contribution in [3.05, 3.63) is 65.5 Å². The molecule has 37 heavy (non-hydrogen) atoms. The highest BCUT2D eigenvalue weighted by atomic mass is 16.7. The maximum Gasteiger partial charge on any atom is 0.356 e. The van der Waals surface area contributed by atoms with E-state index in [0.717, 1.165) is 0 Å². The van der Waals surface area contributed by atoms with Crippen molar-refractivity contribution in [2.24, 2.45) is 0 Å². The summed E-state index contributed by atoms with van der Waals surface area (Å²) in [6, 6.07) is 13.5. The zero-order valence-corrected chi connectivity index (χ0v) is 19.8. The van der Waals surface area contributed by atoms with Gasteiger partial charge in [-0.3, -0.25) is 0 Å². The second-order valence-corrected chi connectivity index (χ2v) is 7.93. The molecular formula is C25H21N3O9. The molecule has 0 saturated heterocycles. The van der Waals surface area contributed by atoms with E-state index in [-0.39, 0.29) is 37.1 Å². The number of fused-ring (bicyclic) bond motifs is 1. The second kappa shape index (κ2) is 9.66. The van der Waals surface area contributed by atoms with Gasteiger partial charge < -0.3 is 33.7 Å². The quantitative estimate of drug-likeness (QED) is 0.492. The van der Waals surface area contributed by atoms with Gasteiger partial charge in [0, 0.05) is 11.3 Å². The molecule has 190 valence electrons. The number of hydrogen-bond acceptors (Lipinski definition) is 10. The summed E-state index contributed by atoms with van der Waals surface area (Å²) in [5.74, 6) is -1.44. The van der Waals surface area contributed by atoms with E-state index in [9.17, 15) is 19.5 Å². The van der Waals surface area contributed by atoms with Crippen LogP contribution in [0.1, 0.15) is 10.5 Å². The first-order valence-electron chi connectivity index (χ1n) is 11.0. The summed E-state index contributed by atoms with van der Waals surface area (Å²) in [5.41, 5.74) is 2.19. The van der Waals surface area contributed by atoms with Crippen LogP contribution >= 0.6 is 0 Å². The Labute approximate surface area is 210 Å². The van der Waals surface area contributed by atoms with Gasteiger partial charge in [0.15, 0.2) is 17.2 Å². The first-order valence-corrected chi connectivity index (χ1v) is 11.0. The predicted molar refractivity (Wildman–Crippen MR) is 126 cm³/mol. The number of nitrogens with zero attached hydrogens (tertiary/aromatic N) is 3. The lowest BCUT2D eigenvalue weighted by molar-refractivity contribution is -0.140. The number of carboxylic acids is 1. The number of carboxylic acid groups (broad SMARTS) is 1. The van der Waals surface area contributed by atoms with Crippen LogP contribution in [0, 0.1) is 0 Å². The Hall–Kier alpha value is -4.84. The van der Waals surface area contributed by atoms with Gasteiger partial charge in [-0.2, -0.15) is 5.10 Å². The molecule has 3 aromatic rings. The zero-order valence-electron chi connectivity index (χ0n) is 19.8. The van der Waals surface area contributed by atoms with Crippen LogP contribution in [-0.2, 0) is 23.8 Å². The normalized spacial score (nSPS) is 14.5. The topological polar surface area (TPSA) is 139 Å². The van der Waals surface area contributed by atoms with Gasteiger partial charge in [-0.05, 0) is 48.5 Å². The Bertz CT molecular complexity index is 1430. The largest absolute Gasteiger partial charge is 0.476 e. The summed E-state index contributed by atoms with van der Waals surface area (Å²) in [5, 5.41) is 13.8. The van der Waals surface area contributed by atoms with Gasteiger partial charge in [0.1, 0.15) is 12.4 Å². The van der Waals surface area contributed by atoms with Crippen molar-refractivity contribution in [2.75, 3.05) is 39.3 Å². The minimum atomic E-state index is -1.17. The van der Waals surface area contributed by atoms with Crippen molar-refractivity contribution >= 4 is 23.6 Å². The van der Waals surface area contributed by atoms with E-state index in [0.29, 0.717) is 34.1 Å². The molecule has 2 aliphatic rings. The molecule has 12 nitrogen and oxygen atoms in total. The van der Waals surface area contributed by atoms with Gasteiger partial charge in [-0.1, -0.05) is 0 Å². The van der Waals surface area contributed by atoms with Crippen LogP contribution in [0.4, 0.5) is 5.69 Å². The molecule has 3 heterocycles. The molecule has 0 atom stereocenters. The predicted octanol–water partition coefficient (Wildman–Crippen LogP) is 2.36. The summed E-state index contributed by atoms with van der Waals surface area (Å²) in [6.07, 6.45) is 0. The molecule has 0 fully saturated rings. The number of aromatic nitrogens is 2. The van der Waals surface area contributed by atoms with Crippen LogP contribution in [0.5, 0.6) is 11.5 Å². The van der Waals surface area contributed by atoms with Gasteiger partial charge in [0.05, 0.1) is 37.8 Å². The first-order chi connectivity index (χ1) is 17.9. The lowest BCUT2D eigenvalue weighted by Crippen LogP contribution is -2.38. The van der Waals surface area contributed by atoms with E-state index in [4.69, 9.17) is 23.7 Å². The maximum absolute atomic E-state index is 12.5. The van der Waals surface area contributed by atoms with E-state index < -0.39 is 17.9 Å². The fraction of sp³-hybridized carbons (Fsp3) is 0.200. The molecule has 0 aliphatic carbocycles. The molecule has 1 aromatic heterocycles. The molecule has 0 amide bonds. The summed E-state index contributed by atoms with van der Waals surface area (Å²) in [7, 11) is 2.43. The number of methoxy groups -OCH3 is 2. The van der Waals surface area contributed by atoms with Gasteiger partial charge in [0.2, 0.25) is 6.79 Å².